The molecule has 2 rings (SSSR count). The average Bonchev–Trinajstić information content (AvgIpc) is 2.83. The van der Waals surface area contributed by atoms with Crippen molar-refractivity contribution in [1.29, 1.82) is 0 Å². The number of hydrogen-bond acceptors (Lipinski definition) is 3. The van der Waals surface area contributed by atoms with Gasteiger partial charge in [0.1, 0.15) is 0 Å². The van der Waals surface area contributed by atoms with E-state index in [2.05, 4.69) is 40.7 Å². The number of hydrogen-bond donors (Lipinski definition) is 2. The smallest absolute Gasteiger partial charge is 0.0726 e. The highest BCUT2D eigenvalue weighted by atomic mass is 15.3. The van der Waals surface area contributed by atoms with Crippen molar-refractivity contribution < 1.29 is 0 Å². The third-order valence-corrected chi connectivity index (χ3v) is 2.47. The predicted molar refractivity (Wildman–Crippen MR) is 63.2 cm³/mol. The van der Waals surface area contributed by atoms with Crippen molar-refractivity contribution in [3.63, 3.8) is 0 Å². The van der Waals surface area contributed by atoms with Crippen molar-refractivity contribution in [1.82, 2.24) is 20.0 Å². The summed E-state index contributed by atoms with van der Waals surface area (Å²) in [4.78, 5) is 0. The molecule has 5 heteroatoms. The van der Waals surface area contributed by atoms with Gasteiger partial charge in [-0.3, -0.25) is 9.78 Å². The molecule has 0 aliphatic carbocycles. The van der Waals surface area contributed by atoms with Gasteiger partial charge in [-0.15, -0.1) is 0 Å². The van der Waals surface area contributed by atoms with Crippen LogP contribution in [0.5, 0.6) is 0 Å². The van der Waals surface area contributed by atoms with Crippen LogP contribution < -0.4 is 5.32 Å². The summed E-state index contributed by atoms with van der Waals surface area (Å²) >= 11 is 0. The summed E-state index contributed by atoms with van der Waals surface area (Å²) in [5, 5.41) is 14.4. The van der Waals surface area contributed by atoms with Crippen LogP contribution in [0.15, 0.2) is 18.6 Å². The molecule has 0 saturated carbocycles. The monoisotopic (exact) mass is 219 g/mol. The minimum Gasteiger partial charge on any atom is -0.378 e. The molecule has 0 fully saturated rings. The van der Waals surface area contributed by atoms with E-state index in [1.165, 1.54) is 5.56 Å². The summed E-state index contributed by atoms with van der Waals surface area (Å²) in [6.45, 7) is 5.09. The molecule has 2 N–H and O–H groups in total. The van der Waals surface area contributed by atoms with Crippen LogP contribution in [0.2, 0.25) is 0 Å². The van der Waals surface area contributed by atoms with Gasteiger partial charge < -0.3 is 5.32 Å². The van der Waals surface area contributed by atoms with Gasteiger partial charge in [-0.05, 0) is 5.92 Å². The zero-order chi connectivity index (χ0) is 11.5. The molecule has 2 aromatic rings. The Morgan fingerprint density at radius 1 is 1.50 bits per heavy atom. The molecule has 0 aliphatic heterocycles. The van der Waals surface area contributed by atoms with Crippen LogP contribution in [0.4, 0.5) is 5.69 Å². The lowest BCUT2D eigenvalue weighted by Gasteiger charge is -2.06. The summed E-state index contributed by atoms with van der Waals surface area (Å²) in [6, 6.07) is 0. The zero-order valence-electron chi connectivity index (χ0n) is 9.86. The average molecular weight is 219 g/mol. The van der Waals surface area contributed by atoms with Crippen molar-refractivity contribution >= 4 is 5.69 Å². The Labute approximate surface area is 94.9 Å². The highest BCUT2D eigenvalue weighted by molar-refractivity contribution is 5.39. The van der Waals surface area contributed by atoms with Crippen LogP contribution in [0.1, 0.15) is 31.0 Å². The number of nitrogens with one attached hydrogen (secondary N) is 2. The number of rotatable bonds is 4. The molecule has 0 bridgehead atoms. The lowest BCUT2D eigenvalue weighted by molar-refractivity contribution is 0.712. The third-order valence-electron chi connectivity index (χ3n) is 2.47. The summed E-state index contributed by atoms with van der Waals surface area (Å²) in [6.07, 6.45) is 5.67. The Bertz CT molecular complexity index is 441. The van der Waals surface area contributed by atoms with Gasteiger partial charge in [-0.25, -0.2) is 0 Å². The molecule has 0 unspecified atom stereocenters. The van der Waals surface area contributed by atoms with E-state index in [9.17, 15) is 0 Å². The minimum absolute atomic E-state index is 0.447. The third kappa shape index (κ3) is 2.24. The van der Waals surface area contributed by atoms with Gasteiger partial charge in [0.2, 0.25) is 0 Å². The van der Waals surface area contributed by atoms with Crippen molar-refractivity contribution in [2.45, 2.75) is 26.3 Å². The van der Waals surface area contributed by atoms with Crippen LogP contribution in [-0.2, 0) is 13.6 Å². The fourth-order valence-electron chi connectivity index (χ4n) is 1.72. The first-order chi connectivity index (χ1) is 7.66. The molecule has 0 amide bonds. The van der Waals surface area contributed by atoms with E-state index >= 15 is 0 Å². The Hall–Kier alpha value is -1.78. The lowest BCUT2D eigenvalue weighted by atomic mass is 10.1. The summed E-state index contributed by atoms with van der Waals surface area (Å²) in [5.74, 6) is 0.447. The first-order valence-corrected chi connectivity index (χ1v) is 5.42. The fourth-order valence-corrected chi connectivity index (χ4v) is 1.72. The van der Waals surface area contributed by atoms with Crippen molar-refractivity contribution in [2.24, 2.45) is 7.05 Å². The van der Waals surface area contributed by atoms with E-state index in [1.54, 1.807) is 6.20 Å². The molecule has 2 heterocycles. The molecule has 2 aromatic heterocycles. The fraction of sp³-hybridized carbons (Fsp3) is 0.455. The van der Waals surface area contributed by atoms with Crippen LogP contribution in [0.3, 0.4) is 0 Å². The second-order valence-corrected chi connectivity index (χ2v) is 4.21. The maximum atomic E-state index is 4.46. The molecule has 5 nitrogen and oxygen atoms in total. The molecule has 0 spiro atoms. The molecule has 0 aromatic carbocycles. The van der Waals surface area contributed by atoms with Crippen molar-refractivity contribution in [3.8, 4) is 0 Å². The van der Waals surface area contributed by atoms with Crippen molar-refractivity contribution in [2.75, 3.05) is 5.32 Å². The maximum absolute atomic E-state index is 4.46. The molecule has 16 heavy (non-hydrogen) atoms. The summed E-state index contributed by atoms with van der Waals surface area (Å²) < 4.78 is 1.86. The molecular weight excluding hydrogens is 202 g/mol. The van der Waals surface area contributed by atoms with Gasteiger partial charge in [0.25, 0.3) is 0 Å². The van der Waals surface area contributed by atoms with E-state index in [0.29, 0.717) is 5.92 Å². The summed E-state index contributed by atoms with van der Waals surface area (Å²) in [5.41, 5.74) is 3.38. The van der Waals surface area contributed by atoms with Gasteiger partial charge in [0.05, 0.1) is 17.6 Å². The number of aromatic amines is 1. The molecule has 0 aliphatic rings. The molecule has 0 saturated heterocycles. The second kappa shape index (κ2) is 4.38. The number of anilines is 1. The van der Waals surface area contributed by atoms with E-state index in [0.717, 1.165) is 17.9 Å². The van der Waals surface area contributed by atoms with Gasteiger partial charge >= 0.3 is 0 Å². The Kier molecular flexibility index (Phi) is 2.94. The zero-order valence-corrected chi connectivity index (χ0v) is 9.86. The molecule has 86 valence electrons. The Morgan fingerprint density at radius 3 is 2.94 bits per heavy atom. The van der Waals surface area contributed by atoms with Gasteiger partial charge in [0, 0.05) is 31.5 Å². The van der Waals surface area contributed by atoms with E-state index < -0.39 is 0 Å². The second-order valence-electron chi connectivity index (χ2n) is 4.21. The minimum atomic E-state index is 0.447. The highest BCUT2D eigenvalue weighted by Crippen LogP contribution is 2.18. The number of aryl methyl sites for hydroxylation is 1. The van der Waals surface area contributed by atoms with Gasteiger partial charge in [-0.2, -0.15) is 10.2 Å². The van der Waals surface area contributed by atoms with Gasteiger partial charge in [-0.1, -0.05) is 13.8 Å². The maximum Gasteiger partial charge on any atom is 0.0726 e. The van der Waals surface area contributed by atoms with E-state index in [-0.39, 0.29) is 0 Å². The summed E-state index contributed by atoms with van der Waals surface area (Å²) in [7, 11) is 1.95. The molecular formula is C11H17N5. The standard InChI is InChI=1S/C11H17N5/c1-8(2)11-9(7-16(3)15-11)4-12-10-5-13-14-6-10/h5-8,12H,4H2,1-3H3,(H,13,14). The van der Waals surface area contributed by atoms with Crippen molar-refractivity contribution in [3.05, 3.63) is 29.8 Å². The Balaban J connectivity index is 2.09. The normalized spacial score (nSPS) is 11.0. The molecule has 0 radical (unpaired) electrons. The first kappa shape index (κ1) is 10.7. The SMILES string of the molecule is CC(C)c1nn(C)cc1CNc1cn[nH]c1. The highest BCUT2D eigenvalue weighted by Gasteiger charge is 2.10. The van der Waals surface area contributed by atoms with Crippen LogP contribution in [0, 0.1) is 0 Å². The largest absolute Gasteiger partial charge is 0.378 e. The Morgan fingerprint density at radius 2 is 2.31 bits per heavy atom. The van der Waals surface area contributed by atoms with Gasteiger partial charge in [0.15, 0.2) is 0 Å². The van der Waals surface area contributed by atoms with E-state index in [4.69, 9.17) is 0 Å². The predicted octanol–water partition coefficient (Wildman–Crippen LogP) is 1.88. The van der Waals surface area contributed by atoms with Crippen LogP contribution >= 0.6 is 0 Å². The first-order valence-electron chi connectivity index (χ1n) is 5.42. The quantitative estimate of drug-likeness (QED) is 0.825. The van der Waals surface area contributed by atoms with Crippen LogP contribution in [0.25, 0.3) is 0 Å². The van der Waals surface area contributed by atoms with Crippen LogP contribution in [-0.4, -0.2) is 20.0 Å². The molecule has 0 atom stereocenters. The number of nitrogens with zero attached hydrogens (tertiary/aromatic N) is 3. The number of H-pyrrole nitrogens is 1. The number of aromatic nitrogens is 4. The van der Waals surface area contributed by atoms with E-state index in [1.807, 2.05) is 17.9 Å². The topological polar surface area (TPSA) is 58.5 Å². The lowest BCUT2D eigenvalue weighted by Crippen LogP contribution is -2.01.